The zero-order valence-corrected chi connectivity index (χ0v) is 14.4. The van der Waals surface area contributed by atoms with Crippen molar-refractivity contribution in [2.45, 2.75) is 6.04 Å². The minimum atomic E-state index is -3.45. The normalized spacial score (nSPS) is 21.2. The van der Waals surface area contributed by atoms with Crippen molar-refractivity contribution >= 4 is 15.9 Å². The van der Waals surface area contributed by atoms with Crippen LogP contribution in [0.5, 0.6) is 0 Å². The number of nitrogens with zero attached hydrogens (tertiary/aromatic N) is 2. The number of hydrogen-bond donors (Lipinski definition) is 2. The molecule has 2 rings (SSSR count). The van der Waals surface area contributed by atoms with E-state index < -0.39 is 39.1 Å². The van der Waals surface area contributed by atoms with Gasteiger partial charge in [-0.25, -0.2) is 17.5 Å². The van der Waals surface area contributed by atoms with Crippen molar-refractivity contribution in [1.82, 2.24) is 19.2 Å². The molecule has 1 amide bonds. The number of H-pyrrole nitrogens is 1. The molecule has 0 radical (unpaired) electrons. The summed E-state index contributed by atoms with van der Waals surface area (Å²) in [4.78, 5) is 37.4. The largest absolute Gasteiger partial charge is 0.379 e. The van der Waals surface area contributed by atoms with E-state index in [9.17, 15) is 22.8 Å². The highest BCUT2D eigenvalue weighted by molar-refractivity contribution is 7.89. The minimum Gasteiger partial charge on any atom is -0.379 e. The van der Waals surface area contributed by atoms with Crippen molar-refractivity contribution in [3.63, 3.8) is 0 Å². The highest BCUT2D eigenvalue weighted by atomic mass is 32.2. The molecule has 11 heteroatoms. The van der Waals surface area contributed by atoms with E-state index in [0.717, 1.165) is 15.1 Å². The lowest BCUT2D eigenvalue weighted by molar-refractivity contribution is 0.0923. The molecule has 24 heavy (non-hydrogen) atoms. The van der Waals surface area contributed by atoms with E-state index in [1.807, 2.05) is 4.98 Å². The molecule has 0 saturated carbocycles. The second-order valence-electron chi connectivity index (χ2n) is 5.85. The van der Waals surface area contributed by atoms with Gasteiger partial charge < -0.3 is 14.6 Å². The van der Waals surface area contributed by atoms with Gasteiger partial charge in [0.2, 0.25) is 10.0 Å². The molecule has 1 aliphatic heterocycles. The first-order valence-electron chi connectivity index (χ1n) is 7.20. The summed E-state index contributed by atoms with van der Waals surface area (Å²) in [6.07, 6.45) is 1.14. The van der Waals surface area contributed by atoms with Crippen LogP contribution in [0.15, 0.2) is 15.8 Å². The number of aryl methyl sites for hydroxylation is 1. The van der Waals surface area contributed by atoms with Gasteiger partial charge in [0.25, 0.3) is 11.5 Å². The van der Waals surface area contributed by atoms with E-state index in [-0.39, 0.29) is 24.5 Å². The number of ether oxygens (including phenoxy) is 1. The second-order valence-corrected chi connectivity index (χ2v) is 8.08. The SMILES string of the molecule is CN(C)S(=O)(=O)C[C@@H]1COC[C@H]1NC(=O)c1cn(C)c(=O)[nH]c1=O. The standard InChI is InChI=1S/C13H20N4O6S/c1-16(2)24(21,22)7-8-5-23-6-10(8)14-11(18)9-4-17(3)13(20)15-12(9)19/h4,8,10H,5-7H2,1-3H3,(H,14,18)(H,15,19,20)/t8-,10+/m0/s1. The summed E-state index contributed by atoms with van der Waals surface area (Å²) < 4.78 is 31.4. The number of aromatic amines is 1. The molecule has 0 aromatic carbocycles. The monoisotopic (exact) mass is 360 g/mol. The fraction of sp³-hybridized carbons (Fsp3) is 0.615. The third-order valence-corrected chi connectivity index (χ3v) is 5.81. The van der Waals surface area contributed by atoms with Gasteiger partial charge in [0.15, 0.2) is 0 Å². The van der Waals surface area contributed by atoms with Crippen molar-refractivity contribution in [2.24, 2.45) is 13.0 Å². The molecule has 1 fully saturated rings. The van der Waals surface area contributed by atoms with E-state index >= 15 is 0 Å². The number of carbonyl (C=O) groups is 1. The summed E-state index contributed by atoms with van der Waals surface area (Å²) in [6.45, 7) is 0.352. The Morgan fingerprint density at radius 2 is 2.08 bits per heavy atom. The maximum atomic E-state index is 12.3. The van der Waals surface area contributed by atoms with E-state index in [1.165, 1.54) is 21.1 Å². The lowest BCUT2D eigenvalue weighted by Gasteiger charge is -2.20. The Bertz CT molecular complexity index is 841. The molecule has 2 heterocycles. The van der Waals surface area contributed by atoms with Crippen molar-refractivity contribution in [1.29, 1.82) is 0 Å². The number of rotatable bonds is 5. The molecule has 1 saturated heterocycles. The summed E-state index contributed by atoms with van der Waals surface area (Å²) >= 11 is 0. The molecule has 0 bridgehead atoms. The molecule has 134 valence electrons. The molecular weight excluding hydrogens is 340 g/mol. The summed E-state index contributed by atoms with van der Waals surface area (Å²) in [5, 5.41) is 2.61. The predicted molar refractivity (Wildman–Crippen MR) is 85.3 cm³/mol. The van der Waals surface area contributed by atoms with Crippen LogP contribution < -0.4 is 16.6 Å². The van der Waals surface area contributed by atoms with E-state index in [0.29, 0.717) is 0 Å². The predicted octanol–water partition coefficient (Wildman–Crippen LogP) is -2.29. The van der Waals surface area contributed by atoms with Gasteiger partial charge in [-0.1, -0.05) is 0 Å². The van der Waals surface area contributed by atoms with E-state index in [1.54, 1.807) is 0 Å². The molecule has 0 unspecified atom stereocenters. The third kappa shape index (κ3) is 3.91. The van der Waals surface area contributed by atoms with Crippen molar-refractivity contribution < 1.29 is 17.9 Å². The maximum Gasteiger partial charge on any atom is 0.328 e. The van der Waals surface area contributed by atoms with Crippen LogP contribution in [0.4, 0.5) is 0 Å². The molecule has 1 aliphatic rings. The Labute approximate surface area is 138 Å². The lowest BCUT2D eigenvalue weighted by atomic mass is 10.1. The minimum absolute atomic E-state index is 0.156. The highest BCUT2D eigenvalue weighted by Gasteiger charge is 2.34. The van der Waals surface area contributed by atoms with Gasteiger partial charge >= 0.3 is 5.69 Å². The molecule has 2 N–H and O–H groups in total. The van der Waals surface area contributed by atoms with Gasteiger partial charge in [-0.15, -0.1) is 0 Å². The zero-order chi connectivity index (χ0) is 18.1. The number of nitrogens with one attached hydrogen (secondary N) is 2. The first-order chi connectivity index (χ1) is 11.1. The zero-order valence-electron chi connectivity index (χ0n) is 13.6. The Morgan fingerprint density at radius 1 is 1.42 bits per heavy atom. The van der Waals surface area contributed by atoms with Crippen molar-refractivity contribution in [3.05, 3.63) is 32.6 Å². The number of carbonyl (C=O) groups excluding carboxylic acids is 1. The first-order valence-corrected chi connectivity index (χ1v) is 8.81. The highest BCUT2D eigenvalue weighted by Crippen LogP contribution is 2.17. The maximum absolute atomic E-state index is 12.3. The summed E-state index contributed by atoms with van der Waals surface area (Å²) in [5.41, 5.74) is -1.65. The second kappa shape index (κ2) is 6.87. The van der Waals surface area contributed by atoms with Crippen molar-refractivity contribution in [3.8, 4) is 0 Å². The van der Waals surface area contributed by atoms with E-state index in [4.69, 9.17) is 4.74 Å². The molecular formula is C13H20N4O6S. The Balaban J connectivity index is 2.15. The topological polar surface area (TPSA) is 131 Å². The number of amides is 1. The third-order valence-electron chi connectivity index (χ3n) is 3.85. The van der Waals surface area contributed by atoms with Crippen LogP contribution in [0.3, 0.4) is 0 Å². The Kier molecular flexibility index (Phi) is 5.26. The quantitative estimate of drug-likeness (QED) is 0.608. The van der Waals surface area contributed by atoms with Crippen LogP contribution >= 0.6 is 0 Å². The summed E-state index contributed by atoms with van der Waals surface area (Å²) in [5.74, 6) is -1.28. The smallest absolute Gasteiger partial charge is 0.328 e. The summed E-state index contributed by atoms with van der Waals surface area (Å²) in [6, 6.07) is -0.538. The molecule has 0 spiro atoms. The molecule has 1 aromatic heterocycles. The van der Waals surface area contributed by atoms with Gasteiger partial charge in [0.1, 0.15) is 5.56 Å². The molecule has 0 aliphatic carbocycles. The fourth-order valence-corrected chi connectivity index (χ4v) is 3.48. The molecule has 10 nitrogen and oxygen atoms in total. The first kappa shape index (κ1) is 18.4. The van der Waals surface area contributed by atoms with Gasteiger partial charge in [0.05, 0.1) is 25.0 Å². The van der Waals surface area contributed by atoms with Crippen molar-refractivity contribution in [2.75, 3.05) is 33.1 Å². The molecule has 2 atom stereocenters. The summed E-state index contributed by atoms with van der Waals surface area (Å²) in [7, 11) is 0.823. The van der Waals surface area contributed by atoms with Crippen LogP contribution in [-0.4, -0.2) is 67.3 Å². The fourth-order valence-electron chi connectivity index (χ4n) is 2.31. The van der Waals surface area contributed by atoms with Crippen LogP contribution in [0.25, 0.3) is 0 Å². The average Bonchev–Trinajstić information content (AvgIpc) is 2.89. The Morgan fingerprint density at radius 3 is 2.71 bits per heavy atom. The number of hydrogen-bond acceptors (Lipinski definition) is 6. The molecule has 1 aromatic rings. The number of aromatic nitrogens is 2. The van der Waals surface area contributed by atoms with Gasteiger partial charge in [-0.3, -0.25) is 14.6 Å². The van der Waals surface area contributed by atoms with E-state index in [2.05, 4.69) is 5.32 Å². The Hall–Kier alpha value is -1.98. The lowest BCUT2D eigenvalue weighted by Crippen LogP contribution is -2.45. The van der Waals surface area contributed by atoms with Crippen LogP contribution in [0, 0.1) is 5.92 Å². The number of sulfonamides is 1. The van der Waals surface area contributed by atoms with Gasteiger partial charge in [-0.05, 0) is 0 Å². The van der Waals surface area contributed by atoms with Crippen LogP contribution in [-0.2, 0) is 21.8 Å². The average molecular weight is 360 g/mol. The van der Waals surface area contributed by atoms with Crippen LogP contribution in [0.1, 0.15) is 10.4 Å². The van der Waals surface area contributed by atoms with Crippen LogP contribution in [0.2, 0.25) is 0 Å². The van der Waals surface area contributed by atoms with Gasteiger partial charge in [-0.2, -0.15) is 0 Å². The van der Waals surface area contributed by atoms with Gasteiger partial charge in [0, 0.05) is 33.3 Å².